The van der Waals surface area contributed by atoms with Crippen LogP contribution in [0.5, 0.6) is 0 Å². The molecule has 5 nitrogen and oxygen atoms in total. The van der Waals surface area contributed by atoms with Gasteiger partial charge in [-0.3, -0.25) is 15.1 Å². The topological polar surface area (TPSA) is 78.6 Å². The summed E-state index contributed by atoms with van der Waals surface area (Å²) < 4.78 is 0. The van der Waals surface area contributed by atoms with Crippen molar-refractivity contribution >= 4 is 5.91 Å². The normalized spacial score (nSPS) is 28.8. The number of aliphatic hydroxyl groups is 1. The van der Waals surface area contributed by atoms with E-state index in [4.69, 9.17) is 5.84 Å². The fourth-order valence-corrected chi connectivity index (χ4v) is 2.57. The molecule has 1 saturated carbocycles. The average Bonchev–Trinajstić information content (AvgIpc) is 2.35. The van der Waals surface area contributed by atoms with Gasteiger partial charge in [-0.15, -0.1) is 0 Å². The highest BCUT2D eigenvalue weighted by atomic mass is 16.3. The summed E-state index contributed by atoms with van der Waals surface area (Å²) in [4.78, 5) is 13.6. The first-order valence-electron chi connectivity index (χ1n) is 6.39. The van der Waals surface area contributed by atoms with Crippen LogP contribution in [0.25, 0.3) is 0 Å². The van der Waals surface area contributed by atoms with Gasteiger partial charge >= 0.3 is 0 Å². The van der Waals surface area contributed by atoms with Crippen molar-refractivity contribution in [1.82, 2.24) is 10.3 Å². The lowest BCUT2D eigenvalue weighted by Crippen LogP contribution is -2.52. The molecule has 1 rings (SSSR count). The highest BCUT2D eigenvalue weighted by molar-refractivity contribution is 5.78. The lowest BCUT2D eigenvalue weighted by atomic mass is 9.89. The zero-order chi connectivity index (χ0) is 13.0. The van der Waals surface area contributed by atoms with Gasteiger partial charge in [0.1, 0.15) is 0 Å². The van der Waals surface area contributed by atoms with Gasteiger partial charge in [0.25, 0.3) is 0 Å². The maximum atomic E-state index is 11.5. The minimum Gasteiger partial charge on any atom is -0.391 e. The van der Waals surface area contributed by atoms with Crippen molar-refractivity contribution in [1.29, 1.82) is 0 Å². The summed E-state index contributed by atoms with van der Waals surface area (Å²) >= 11 is 0. The minimum atomic E-state index is -0.274. The second-order valence-electron chi connectivity index (χ2n) is 5.12. The molecule has 1 amide bonds. The number of carbonyl (C=O) groups excluding carboxylic acids is 1. The van der Waals surface area contributed by atoms with Gasteiger partial charge in [0.05, 0.1) is 12.0 Å². The molecule has 1 aliphatic carbocycles. The number of likely N-dealkylation sites (N-methyl/N-ethyl adjacent to an activating group) is 1. The molecule has 0 aromatic rings. The second kappa shape index (κ2) is 6.33. The maximum Gasteiger partial charge on any atom is 0.238 e. The Morgan fingerprint density at radius 3 is 2.53 bits per heavy atom. The number of hydrazine groups is 1. The van der Waals surface area contributed by atoms with E-state index in [1.165, 1.54) is 0 Å². The van der Waals surface area contributed by atoms with E-state index in [1.807, 2.05) is 20.9 Å². The number of carbonyl (C=O) groups is 1. The molecule has 0 saturated heterocycles. The predicted molar refractivity (Wildman–Crippen MR) is 67.0 cm³/mol. The van der Waals surface area contributed by atoms with Gasteiger partial charge in [-0.2, -0.15) is 0 Å². The van der Waals surface area contributed by atoms with E-state index in [2.05, 4.69) is 10.3 Å². The largest absolute Gasteiger partial charge is 0.391 e. The molecule has 0 aromatic carbocycles. The number of nitrogens with two attached hydrogens (primary N) is 1. The van der Waals surface area contributed by atoms with Crippen LogP contribution in [0.3, 0.4) is 0 Å². The molecule has 4 atom stereocenters. The van der Waals surface area contributed by atoms with E-state index in [-0.39, 0.29) is 30.0 Å². The molecule has 0 aromatic heterocycles. The van der Waals surface area contributed by atoms with Gasteiger partial charge in [0.2, 0.25) is 5.91 Å². The molecule has 0 aliphatic heterocycles. The third kappa shape index (κ3) is 3.40. The van der Waals surface area contributed by atoms with Crippen LogP contribution in [0.4, 0.5) is 0 Å². The molecule has 1 fully saturated rings. The highest BCUT2D eigenvalue weighted by Crippen LogP contribution is 2.25. The van der Waals surface area contributed by atoms with Crippen molar-refractivity contribution in [2.45, 2.75) is 57.7 Å². The van der Waals surface area contributed by atoms with Crippen molar-refractivity contribution < 1.29 is 9.90 Å². The SMILES string of the molecule is CC(C(=O)NN)C(C)N(C)C1CCCCC1O. The van der Waals surface area contributed by atoms with Crippen molar-refractivity contribution in [3.63, 3.8) is 0 Å². The zero-order valence-electron chi connectivity index (χ0n) is 11.0. The molecule has 5 heteroatoms. The Kier molecular flexibility index (Phi) is 5.36. The standard InChI is InChI=1S/C12H25N3O2/c1-8(12(17)14-13)9(2)15(3)10-6-4-5-7-11(10)16/h8-11,16H,4-7,13H2,1-3H3,(H,14,17). The van der Waals surface area contributed by atoms with Gasteiger partial charge in [0.15, 0.2) is 0 Å². The quantitative estimate of drug-likeness (QED) is 0.375. The number of hydrogen-bond acceptors (Lipinski definition) is 4. The molecular formula is C12H25N3O2. The van der Waals surface area contributed by atoms with Crippen LogP contribution in [-0.2, 0) is 4.79 Å². The third-order valence-corrected chi connectivity index (χ3v) is 4.14. The predicted octanol–water partition coefficient (Wildman–Crippen LogP) is 0.236. The number of amides is 1. The van der Waals surface area contributed by atoms with Crippen molar-refractivity contribution in [3.05, 3.63) is 0 Å². The summed E-state index contributed by atoms with van der Waals surface area (Å²) in [5.74, 6) is 4.81. The molecule has 17 heavy (non-hydrogen) atoms. The van der Waals surface area contributed by atoms with Gasteiger partial charge in [-0.1, -0.05) is 19.8 Å². The average molecular weight is 243 g/mol. The minimum absolute atomic E-state index is 0.0660. The summed E-state index contributed by atoms with van der Waals surface area (Å²) in [6.07, 6.45) is 3.83. The molecule has 4 N–H and O–H groups in total. The first-order chi connectivity index (χ1) is 7.99. The summed E-state index contributed by atoms with van der Waals surface area (Å²) in [5, 5.41) is 10.00. The van der Waals surface area contributed by atoms with Gasteiger partial charge in [-0.05, 0) is 26.8 Å². The summed E-state index contributed by atoms with van der Waals surface area (Å²) in [6, 6.07) is 0.225. The summed E-state index contributed by atoms with van der Waals surface area (Å²) in [6.45, 7) is 3.86. The molecule has 1 aliphatic rings. The highest BCUT2D eigenvalue weighted by Gasteiger charge is 2.32. The second-order valence-corrected chi connectivity index (χ2v) is 5.12. The maximum absolute atomic E-state index is 11.5. The van der Waals surface area contributed by atoms with E-state index < -0.39 is 0 Å². The van der Waals surface area contributed by atoms with Gasteiger partial charge in [-0.25, -0.2) is 5.84 Å². The Balaban J connectivity index is 2.61. The summed E-state index contributed by atoms with van der Waals surface area (Å²) in [7, 11) is 1.98. The molecule has 0 radical (unpaired) electrons. The van der Waals surface area contributed by atoms with E-state index in [9.17, 15) is 9.90 Å². The first-order valence-corrected chi connectivity index (χ1v) is 6.39. The molecular weight excluding hydrogens is 218 g/mol. The lowest BCUT2D eigenvalue weighted by molar-refractivity contribution is -0.127. The molecule has 4 unspecified atom stereocenters. The van der Waals surface area contributed by atoms with Crippen LogP contribution in [0, 0.1) is 5.92 Å². The number of nitrogens with zero attached hydrogens (tertiary/aromatic N) is 1. The number of rotatable bonds is 4. The van der Waals surface area contributed by atoms with E-state index in [0.29, 0.717) is 0 Å². The fourth-order valence-electron chi connectivity index (χ4n) is 2.57. The summed E-state index contributed by atoms with van der Waals surface area (Å²) in [5.41, 5.74) is 2.19. The molecule has 0 spiro atoms. The van der Waals surface area contributed by atoms with Crippen molar-refractivity contribution in [2.24, 2.45) is 11.8 Å². The van der Waals surface area contributed by atoms with Crippen LogP contribution in [0.1, 0.15) is 39.5 Å². The van der Waals surface area contributed by atoms with Crippen LogP contribution < -0.4 is 11.3 Å². The van der Waals surface area contributed by atoms with Crippen molar-refractivity contribution in [2.75, 3.05) is 7.05 Å². The smallest absolute Gasteiger partial charge is 0.238 e. The monoisotopic (exact) mass is 243 g/mol. The third-order valence-electron chi connectivity index (χ3n) is 4.14. The number of aliphatic hydroxyl groups excluding tert-OH is 1. The van der Waals surface area contributed by atoms with Gasteiger partial charge in [0, 0.05) is 12.1 Å². The lowest BCUT2D eigenvalue weighted by Gasteiger charge is -2.40. The molecule has 100 valence electrons. The Bertz CT molecular complexity index is 260. The van der Waals surface area contributed by atoms with E-state index >= 15 is 0 Å². The fraction of sp³-hybridized carbons (Fsp3) is 0.917. The van der Waals surface area contributed by atoms with E-state index in [0.717, 1.165) is 25.7 Å². The van der Waals surface area contributed by atoms with Crippen LogP contribution in [0.15, 0.2) is 0 Å². The Hall–Kier alpha value is -0.650. The number of nitrogens with one attached hydrogen (secondary N) is 1. The zero-order valence-corrected chi connectivity index (χ0v) is 11.0. The Morgan fingerprint density at radius 2 is 2.00 bits per heavy atom. The first kappa shape index (κ1) is 14.4. The Morgan fingerprint density at radius 1 is 1.41 bits per heavy atom. The van der Waals surface area contributed by atoms with Crippen LogP contribution >= 0.6 is 0 Å². The Labute approximate surface area is 103 Å². The van der Waals surface area contributed by atoms with Crippen molar-refractivity contribution in [3.8, 4) is 0 Å². The molecule has 0 bridgehead atoms. The van der Waals surface area contributed by atoms with E-state index in [1.54, 1.807) is 0 Å². The number of hydrogen-bond donors (Lipinski definition) is 3. The van der Waals surface area contributed by atoms with Crippen LogP contribution in [0.2, 0.25) is 0 Å². The van der Waals surface area contributed by atoms with Crippen LogP contribution in [-0.4, -0.2) is 41.1 Å². The molecule has 0 heterocycles. The van der Waals surface area contributed by atoms with Gasteiger partial charge < -0.3 is 5.11 Å².